The molecule has 1 aromatic heterocycles. The van der Waals surface area contributed by atoms with Crippen LogP contribution in [0.15, 0.2) is 41.5 Å². The molecule has 0 amide bonds. The number of aromatic nitrogens is 1. The van der Waals surface area contributed by atoms with Gasteiger partial charge < -0.3 is 15.4 Å². The van der Waals surface area contributed by atoms with E-state index >= 15 is 0 Å². The summed E-state index contributed by atoms with van der Waals surface area (Å²) < 4.78 is 5.35. The molecule has 0 aliphatic rings. The van der Waals surface area contributed by atoms with Gasteiger partial charge in [-0.15, -0.1) is 0 Å². The predicted molar refractivity (Wildman–Crippen MR) is 95.7 cm³/mol. The third-order valence-electron chi connectivity index (χ3n) is 3.45. The van der Waals surface area contributed by atoms with E-state index in [4.69, 9.17) is 4.74 Å². The second-order valence-electron chi connectivity index (χ2n) is 5.16. The lowest BCUT2D eigenvalue weighted by atomic mass is 10.1. The van der Waals surface area contributed by atoms with E-state index in [0.29, 0.717) is 6.54 Å². The van der Waals surface area contributed by atoms with Gasteiger partial charge in [-0.3, -0.25) is 4.98 Å². The van der Waals surface area contributed by atoms with E-state index in [0.717, 1.165) is 49.6 Å². The highest BCUT2D eigenvalue weighted by Gasteiger charge is 2.02. The van der Waals surface area contributed by atoms with Crippen molar-refractivity contribution in [1.29, 1.82) is 0 Å². The second kappa shape index (κ2) is 9.79. The number of pyridine rings is 1. The molecule has 0 saturated heterocycles. The summed E-state index contributed by atoms with van der Waals surface area (Å²) in [6.07, 6.45) is 2.81. The summed E-state index contributed by atoms with van der Waals surface area (Å²) in [6.45, 7) is 7.94. The molecule has 0 bridgehead atoms. The first-order valence-corrected chi connectivity index (χ1v) is 8.27. The van der Waals surface area contributed by atoms with Crippen LogP contribution in [0.4, 0.5) is 0 Å². The number of ether oxygens (including phenoxy) is 1. The summed E-state index contributed by atoms with van der Waals surface area (Å²) in [7, 11) is 0. The maximum Gasteiger partial charge on any atom is 0.191 e. The van der Waals surface area contributed by atoms with Gasteiger partial charge in [0.2, 0.25) is 0 Å². The molecule has 5 heteroatoms. The minimum Gasteiger partial charge on any atom is -0.382 e. The number of hydrogen-bond acceptors (Lipinski definition) is 3. The Morgan fingerprint density at radius 1 is 1.17 bits per heavy atom. The summed E-state index contributed by atoms with van der Waals surface area (Å²) in [5, 5.41) is 7.77. The van der Waals surface area contributed by atoms with Crippen LogP contribution in [-0.4, -0.2) is 37.2 Å². The monoisotopic (exact) mass is 314 g/mol. The maximum absolute atomic E-state index is 5.35. The van der Waals surface area contributed by atoms with Gasteiger partial charge >= 0.3 is 0 Å². The van der Waals surface area contributed by atoms with E-state index in [2.05, 4.69) is 33.6 Å². The summed E-state index contributed by atoms with van der Waals surface area (Å²) >= 11 is 0. The molecule has 0 spiro atoms. The Hall–Kier alpha value is -2.14. The average molecular weight is 314 g/mol. The molecule has 2 aromatic rings. The Morgan fingerprint density at radius 2 is 2.04 bits per heavy atom. The lowest BCUT2D eigenvalue weighted by Gasteiger charge is -2.11. The third kappa shape index (κ3) is 5.53. The SMILES string of the molecule is CCNC(=NCc1ccnc2ccccc12)NCCCOCC. The van der Waals surface area contributed by atoms with E-state index in [1.165, 1.54) is 5.56 Å². The Balaban J connectivity index is 1.98. The number of guanidine groups is 1. The Labute approximate surface area is 138 Å². The van der Waals surface area contributed by atoms with Gasteiger partial charge in [0, 0.05) is 37.9 Å². The molecule has 0 saturated carbocycles. The largest absolute Gasteiger partial charge is 0.382 e. The third-order valence-corrected chi connectivity index (χ3v) is 3.45. The van der Waals surface area contributed by atoms with Crippen molar-refractivity contribution in [2.24, 2.45) is 4.99 Å². The molecule has 0 atom stereocenters. The Bertz CT molecular complexity index is 622. The van der Waals surface area contributed by atoms with Crippen LogP contribution in [0.2, 0.25) is 0 Å². The van der Waals surface area contributed by atoms with Crippen molar-refractivity contribution >= 4 is 16.9 Å². The van der Waals surface area contributed by atoms with Gasteiger partial charge in [0.05, 0.1) is 12.1 Å². The van der Waals surface area contributed by atoms with Gasteiger partial charge in [0.15, 0.2) is 5.96 Å². The fourth-order valence-electron chi connectivity index (χ4n) is 2.32. The summed E-state index contributed by atoms with van der Waals surface area (Å²) in [5.41, 5.74) is 2.19. The lowest BCUT2D eigenvalue weighted by Crippen LogP contribution is -2.38. The topological polar surface area (TPSA) is 58.5 Å². The minimum absolute atomic E-state index is 0.629. The van der Waals surface area contributed by atoms with Crippen molar-refractivity contribution in [2.75, 3.05) is 26.3 Å². The molecular formula is C18H26N4O. The van der Waals surface area contributed by atoms with Gasteiger partial charge in [-0.05, 0) is 38.0 Å². The first-order chi connectivity index (χ1) is 11.3. The van der Waals surface area contributed by atoms with Gasteiger partial charge in [0.1, 0.15) is 0 Å². The molecule has 1 heterocycles. The first kappa shape index (κ1) is 17.2. The van der Waals surface area contributed by atoms with Gasteiger partial charge in [-0.2, -0.15) is 0 Å². The lowest BCUT2D eigenvalue weighted by molar-refractivity contribution is 0.145. The fraction of sp³-hybridized carbons (Fsp3) is 0.444. The highest BCUT2D eigenvalue weighted by Crippen LogP contribution is 2.16. The van der Waals surface area contributed by atoms with Crippen molar-refractivity contribution in [3.63, 3.8) is 0 Å². The highest BCUT2D eigenvalue weighted by molar-refractivity contribution is 5.83. The molecule has 0 radical (unpaired) electrons. The van der Waals surface area contributed by atoms with Crippen molar-refractivity contribution in [3.8, 4) is 0 Å². The van der Waals surface area contributed by atoms with E-state index in [9.17, 15) is 0 Å². The average Bonchev–Trinajstić information content (AvgIpc) is 2.59. The normalized spacial score (nSPS) is 11.7. The maximum atomic E-state index is 5.35. The molecule has 0 aliphatic heterocycles. The quantitative estimate of drug-likeness (QED) is 0.447. The van der Waals surface area contributed by atoms with Gasteiger partial charge in [-0.1, -0.05) is 18.2 Å². The number of para-hydroxylation sites is 1. The van der Waals surface area contributed by atoms with Crippen LogP contribution in [0.1, 0.15) is 25.8 Å². The molecular weight excluding hydrogens is 288 g/mol. The second-order valence-corrected chi connectivity index (χ2v) is 5.16. The first-order valence-electron chi connectivity index (χ1n) is 8.27. The number of nitrogens with zero attached hydrogens (tertiary/aromatic N) is 2. The molecule has 1 aromatic carbocycles. The highest BCUT2D eigenvalue weighted by atomic mass is 16.5. The van der Waals surface area contributed by atoms with Crippen molar-refractivity contribution < 1.29 is 4.74 Å². The van der Waals surface area contributed by atoms with Crippen LogP contribution in [0.3, 0.4) is 0 Å². The summed E-state index contributed by atoms with van der Waals surface area (Å²) in [4.78, 5) is 9.07. The minimum atomic E-state index is 0.629. The number of benzene rings is 1. The zero-order valence-electron chi connectivity index (χ0n) is 14.0. The van der Waals surface area contributed by atoms with Crippen molar-refractivity contribution in [1.82, 2.24) is 15.6 Å². The van der Waals surface area contributed by atoms with Crippen LogP contribution in [-0.2, 0) is 11.3 Å². The van der Waals surface area contributed by atoms with Crippen LogP contribution in [0.5, 0.6) is 0 Å². The van der Waals surface area contributed by atoms with E-state index in [1.54, 1.807) is 0 Å². The van der Waals surface area contributed by atoms with Crippen molar-refractivity contribution in [2.45, 2.75) is 26.8 Å². The van der Waals surface area contributed by atoms with Crippen LogP contribution >= 0.6 is 0 Å². The van der Waals surface area contributed by atoms with E-state index in [1.807, 2.05) is 37.4 Å². The number of nitrogens with one attached hydrogen (secondary N) is 2. The van der Waals surface area contributed by atoms with Crippen LogP contribution in [0, 0.1) is 0 Å². The fourth-order valence-corrected chi connectivity index (χ4v) is 2.32. The van der Waals surface area contributed by atoms with E-state index in [-0.39, 0.29) is 0 Å². The molecule has 23 heavy (non-hydrogen) atoms. The smallest absolute Gasteiger partial charge is 0.191 e. The van der Waals surface area contributed by atoms with Gasteiger partial charge in [0.25, 0.3) is 0 Å². The predicted octanol–water partition coefficient (Wildman–Crippen LogP) is 2.72. The Morgan fingerprint density at radius 3 is 2.87 bits per heavy atom. The number of hydrogen-bond donors (Lipinski definition) is 2. The molecule has 0 aliphatic carbocycles. The molecule has 0 unspecified atom stereocenters. The molecule has 2 N–H and O–H groups in total. The Kier molecular flexibility index (Phi) is 7.33. The standard InChI is InChI=1S/C18H26N4O/c1-3-19-18(21-11-7-13-23-4-2)22-14-15-10-12-20-17-9-6-5-8-16(15)17/h5-6,8-10,12H,3-4,7,11,13-14H2,1-2H3,(H2,19,21,22). The zero-order chi connectivity index (χ0) is 16.3. The van der Waals surface area contributed by atoms with Crippen molar-refractivity contribution in [3.05, 3.63) is 42.1 Å². The molecule has 0 fully saturated rings. The summed E-state index contributed by atoms with van der Waals surface area (Å²) in [5.74, 6) is 0.838. The molecule has 5 nitrogen and oxygen atoms in total. The van der Waals surface area contributed by atoms with E-state index < -0.39 is 0 Å². The van der Waals surface area contributed by atoms with Crippen LogP contribution in [0.25, 0.3) is 10.9 Å². The number of aliphatic imine (C=N–C) groups is 1. The number of fused-ring (bicyclic) bond motifs is 1. The number of rotatable bonds is 8. The zero-order valence-corrected chi connectivity index (χ0v) is 14.0. The van der Waals surface area contributed by atoms with Gasteiger partial charge in [-0.25, -0.2) is 4.99 Å². The van der Waals surface area contributed by atoms with Crippen LogP contribution < -0.4 is 10.6 Å². The summed E-state index contributed by atoms with van der Waals surface area (Å²) in [6, 6.07) is 10.2. The molecule has 124 valence electrons. The molecule has 2 rings (SSSR count).